The van der Waals surface area contributed by atoms with Gasteiger partial charge in [0.1, 0.15) is 12.4 Å². The summed E-state index contributed by atoms with van der Waals surface area (Å²) in [4.78, 5) is 7.93. The van der Waals surface area contributed by atoms with E-state index in [-0.39, 0.29) is 6.61 Å². The standard InChI is InChI=1S/C13H12BrNO.C9H8.C6H6BrNO/c1-10-2-4-13(5-3-10)16-9-11-6-12(14)8-15-7-11;1-3-9-6-4-8(2)5-7-9;7-6-1-5(4-9)2-8-3-6/h2-8H,9H2,1H3;1,4-7H,2H3;1-3,9H,4H2. The molecule has 0 aliphatic carbocycles. The lowest BCUT2D eigenvalue weighted by molar-refractivity contribution is 0.281. The van der Waals surface area contributed by atoms with Crippen molar-refractivity contribution in [3.8, 4) is 18.1 Å². The van der Waals surface area contributed by atoms with Crippen molar-refractivity contribution >= 4 is 31.9 Å². The maximum Gasteiger partial charge on any atom is 0.119 e. The molecule has 4 aromatic rings. The molecule has 1 N–H and O–H groups in total. The first-order chi connectivity index (χ1) is 16.4. The van der Waals surface area contributed by atoms with Crippen molar-refractivity contribution in [2.75, 3.05) is 0 Å². The highest BCUT2D eigenvalue weighted by atomic mass is 79.9. The molecule has 4 rings (SSSR count). The Kier molecular flexibility index (Phi) is 12.0. The normalized spacial score (nSPS) is 9.53. The molecule has 0 radical (unpaired) electrons. The zero-order valence-electron chi connectivity index (χ0n) is 19.1. The Bertz CT molecular complexity index is 1190. The molecule has 34 heavy (non-hydrogen) atoms. The zero-order chi connectivity index (χ0) is 24.8. The average Bonchev–Trinajstić information content (AvgIpc) is 2.85. The Labute approximate surface area is 218 Å². The molecule has 6 heteroatoms. The predicted octanol–water partition coefficient (Wildman–Crippen LogP) is 7.04. The van der Waals surface area contributed by atoms with E-state index >= 15 is 0 Å². The summed E-state index contributed by atoms with van der Waals surface area (Å²) >= 11 is 6.61. The first-order valence-corrected chi connectivity index (χ1v) is 12.0. The summed E-state index contributed by atoms with van der Waals surface area (Å²) < 4.78 is 7.51. The highest BCUT2D eigenvalue weighted by Gasteiger charge is 1.97. The van der Waals surface area contributed by atoms with Crippen LogP contribution in [0.4, 0.5) is 0 Å². The van der Waals surface area contributed by atoms with Gasteiger partial charge in [0.05, 0.1) is 6.61 Å². The molecule has 0 spiro atoms. The van der Waals surface area contributed by atoms with Crippen LogP contribution in [0, 0.1) is 26.2 Å². The lowest BCUT2D eigenvalue weighted by Crippen LogP contribution is -1.95. The third-order valence-electron chi connectivity index (χ3n) is 4.35. The number of benzene rings is 2. The minimum atomic E-state index is 0.0481. The summed E-state index contributed by atoms with van der Waals surface area (Å²) in [6.07, 6.45) is 12.0. The third kappa shape index (κ3) is 10.8. The van der Waals surface area contributed by atoms with E-state index in [0.29, 0.717) is 6.61 Å². The Morgan fingerprint density at radius 1 is 0.794 bits per heavy atom. The van der Waals surface area contributed by atoms with E-state index in [1.165, 1.54) is 11.1 Å². The molecule has 0 unspecified atom stereocenters. The maximum atomic E-state index is 8.60. The maximum absolute atomic E-state index is 8.60. The minimum Gasteiger partial charge on any atom is -0.489 e. The summed E-state index contributed by atoms with van der Waals surface area (Å²) in [5, 5.41) is 8.60. The van der Waals surface area contributed by atoms with E-state index in [0.717, 1.165) is 31.4 Å². The number of terminal acetylenes is 1. The van der Waals surface area contributed by atoms with Gasteiger partial charge in [0.25, 0.3) is 0 Å². The van der Waals surface area contributed by atoms with Crippen LogP contribution in [0.1, 0.15) is 27.8 Å². The number of nitrogens with zero attached hydrogens (tertiary/aromatic N) is 2. The van der Waals surface area contributed by atoms with Crippen LogP contribution in [-0.2, 0) is 13.2 Å². The van der Waals surface area contributed by atoms with Crippen LogP contribution in [0.25, 0.3) is 0 Å². The number of aromatic nitrogens is 2. The smallest absolute Gasteiger partial charge is 0.119 e. The molecule has 0 bridgehead atoms. The predicted molar refractivity (Wildman–Crippen MR) is 144 cm³/mol. The first-order valence-electron chi connectivity index (χ1n) is 10.4. The van der Waals surface area contributed by atoms with Crippen molar-refractivity contribution < 1.29 is 9.84 Å². The van der Waals surface area contributed by atoms with Crippen molar-refractivity contribution in [1.29, 1.82) is 0 Å². The number of rotatable bonds is 4. The van der Waals surface area contributed by atoms with Crippen LogP contribution in [0.5, 0.6) is 5.75 Å². The minimum absolute atomic E-state index is 0.0481. The largest absolute Gasteiger partial charge is 0.489 e. The van der Waals surface area contributed by atoms with Gasteiger partial charge in [-0.25, -0.2) is 0 Å². The van der Waals surface area contributed by atoms with Crippen molar-refractivity contribution in [2.45, 2.75) is 27.1 Å². The highest BCUT2D eigenvalue weighted by molar-refractivity contribution is 9.10. The second kappa shape index (κ2) is 15.0. The number of aliphatic hydroxyl groups is 1. The molecule has 0 saturated carbocycles. The molecule has 4 nitrogen and oxygen atoms in total. The second-order valence-corrected chi connectivity index (χ2v) is 9.12. The highest BCUT2D eigenvalue weighted by Crippen LogP contribution is 2.15. The van der Waals surface area contributed by atoms with Gasteiger partial charge in [-0.15, -0.1) is 6.42 Å². The van der Waals surface area contributed by atoms with E-state index in [1.807, 2.05) is 67.6 Å². The van der Waals surface area contributed by atoms with Crippen LogP contribution in [0.15, 0.2) is 94.4 Å². The van der Waals surface area contributed by atoms with Gasteiger partial charge < -0.3 is 9.84 Å². The number of hydrogen-bond donors (Lipinski definition) is 1. The molecule has 2 aromatic carbocycles. The molecule has 0 aliphatic heterocycles. The van der Waals surface area contributed by atoms with Gasteiger partial charge in [-0.2, -0.15) is 0 Å². The fourth-order valence-corrected chi connectivity index (χ4v) is 3.35. The molecule has 0 atom stereocenters. The van der Waals surface area contributed by atoms with E-state index < -0.39 is 0 Å². The van der Waals surface area contributed by atoms with Crippen molar-refractivity contribution in [3.63, 3.8) is 0 Å². The van der Waals surface area contributed by atoms with Gasteiger partial charge in [-0.1, -0.05) is 41.3 Å². The fourth-order valence-electron chi connectivity index (χ4n) is 2.53. The van der Waals surface area contributed by atoms with Crippen LogP contribution in [0.2, 0.25) is 0 Å². The molecule has 0 amide bonds. The number of aliphatic hydroxyl groups excluding tert-OH is 1. The molecule has 2 aromatic heterocycles. The van der Waals surface area contributed by atoms with Gasteiger partial charge in [-0.05, 0) is 87.7 Å². The Balaban J connectivity index is 0.000000194. The molecule has 0 aliphatic rings. The number of pyridine rings is 2. The Hall–Kier alpha value is -2.98. The van der Waals surface area contributed by atoms with Crippen LogP contribution < -0.4 is 4.74 Å². The molecule has 2 heterocycles. The van der Waals surface area contributed by atoms with Crippen LogP contribution in [-0.4, -0.2) is 15.1 Å². The number of halogens is 2. The molecule has 0 fully saturated rings. The summed E-state index contributed by atoms with van der Waals surface area (Å²) in [6, 6.07) is 19.7. The number of ether oxygens (including phenoxy) is 1. The summed E-state index contributed by atoms with van der Waals surface area (Å²) in [5.74, 6) is 3.43. The molecule has 174 valence electrons. The van der Waals surface area contributed by atoms with Crippen molar-refractivity contribution in [1.82, 2.24) is 9.97 Å². The monoisotopic (exact) mass is 580 g/mol. The van der Waals surface area contributed by atoms with E-state index in [9.17, 15) is 0 Å². The Morgan fingerprint density at radius 2 is 1.29 bits per heavy atom. The first kappa shape index (κ1) is 27.3. The molecular formula is C28H26Br2N2O2. The van der Waals surface area contributed by atoms with Gasteiger partial charge in [-0.3, -0.25) is 9.97 Å². The SMILES string of the molecule is C#Cc1ccc(C)cc1.Cc1ccc(OCc2cncc(Br)c2)cc1.OCc1cncc(Br)c1. The summed E-state index contributed by atoms with van der Waals surface area (Å²) in [6.45, 7) is 4.68. The van der Waals surface area contributed by atoms with E-state index in [1.54, 1.807) is 24.8 Å². The fraction of sp³-hybridized carbons (Fsp3) is 0.143. The third-order valence-corrected chi connectivity index (χ3v) is 5.22. The molecular weight excluding hydrogens is 556 g/mol. The van der Waals surface area contributed by atoms with Crippen LogP contribution >= 0.6 is 31.9 Å². The van der Waals surface area contributed by atoms with Gasteiger partial charge >= 0.3 is 0 Å². The summed E-state index contributed by atoms with van der Waals surface area (Å²) in [5.41, 5.74) is 5.30. The van der Waals surface area contributed by atoms with Gasteiger partial charge in [0, 0.05) is 44.9 Å². The summed E-state index contributed by atoms with van der Waals surface area (Å²) in [7, 11) is 0. The number of hydrogen-bond acceptors (Lipinski definition) is 4. The quantitative estimate of drug-likeness (QED) is 0.262. The Morgan fingerprint density at radius 3 is 1.76 bits per heavy atom. The van der Waals surface area contributed by atoms with Gasteiger partial charge in [0.15, 0.2) is 0 Å². The topological polar surface area (TPSA) is 55.2 Å². The van der Waals surface area contributed by atoms with E-state index in [2.05, 4.69) is 54.7 Å². The molecule has 0 saturated heterocycles. The lowest BCUT2D eigenvalue weighted by Gasteiger charge is -2.06. The number of aryl methyl sites for hydroxylation is 2. The second-order valence-electron chi connectivity index (χ2n) is 7.29. The van der Waals surface area contributed by atoms with Crippen molar-refractivity contribution in [2.24, 2.45) is 0 Å². The van der Waals surface area contributed by atoms with Crippen molar-refractivity contribution in [3.05, 3.63) is 122 Å². The van der Waals surface area contributed by atoms with E-state index in [4.69, 9.17) is 16.3 Å². The van der Waals surface area contributed by atoms with Gasteiger partial charge in [0.2, 0.25) is 0 Å². The van der Waals surface area contributed by atoms with Crippen LogP contribution in [0.3, 0.4) is 0 Å². The zero-order valence-corrected chi connectivity index (χ0v) is 22.3. The average molecular weight is 582 g/mol. The lowest BCUT2D eigenvalue weighted by atomic mass is 10.2.